The minimum absolute atomic E-state index is 0.155. The summed E-state index contributed by atoms with van der Waals surface area (Å²) in [6.07, 6.45) is 9.29. The van der Waals surface area contributed by atoms with Gasteiger partial charge in [0, 0.05) is 36.4 Å². The van der Waals surface area contributed by atoms with Crippen molar-refractivity contribution in [3.05, 3.63) is 54.2 Å². The molecule has 3 rings (SSSR count). The Labute approximate surface area is 148 Å². The van der Waals surface area contributed by atoms with Gasteiger partial charge in [-0.3, -0.25) is 9.67 Å². The van der Waals surface area contributed by atoms with Crippen LogP contribution >= 0.6 is 0 Å². The van der Waals surface area contributed by atoms with E-state index in [2.05, 4.69) is 41.2 Å². The Balaban J connectivity index is 1.84. The summed E-state index contributed by atoms with van der Waals surface area (Å²) in [7, 11) is 0. The van der Waals surface area contributed by atoms with Gasteiger partial charge in [0.1, 0.15) is 0 Å². The molecule has 0 saturated heterocycles. The van der Waals surface area contributed by atoms with E-state index >= 15 is 0 Å². The van der Waals surface area contributed by atoms with Crippen molar-refractivity contribution in [1.29, 1.82) is 0 Å². The molecule has 0 bridgehead atoms. The zero-order chi connectivity index (χ0) is 17.6. The van der Waals surface area contributed by atoms with Crippen LogP contribution in [0.5, 0.6) is 0 Å². The number of aromatic nitrogens is 5. The van der Waals surface area contributed by atoms with Crippen molar-refractivity contribution in [2.24, 2.45) is 0 Å². The van der Waals surface area contributed by atoms with Crippen LogP contribution in [0.25, 0.3) is 11.3 Å². The largest absolute Gasteiger partial charge is 0.347 e. The minimum Gasteiger partial charge on any atom is -0.347 e. The van der Waals surface area contributed by atoms with Gasteiger partial charge in [-0.15, -0.1) is 0 Å². The van der Waals surface area contributed by atoms with Gasteiger partial charge in [-0.2, -0.15) is 5.10 Å². The molecule has 3 aromatic rings. The molecule has 3 aromatic heterocycles. The molecule has 130 valence electrons. The number of hydrogen-bond donors (Lipinski definition) is 1. The average Bonchev–Trinajstić information content (AvgIpc) is 3.02. The van der Waals surface area contributed by atoms with Crippen LogP contribution in [0.2, 0.25) is 0 Å². The zero-order valence-corrected chi connectivity index (χ0v) is 15.0. The summed E-state index contributed by atoms with van der Waals surface area (Å²) in [5.74, 6) is 0.629. The summed E-state index contributed by atoms with van der Waals surface area (Å²) in [5.41, 5.74) is 4.25. The van der Waals surface area contributed by atoms with E-state index < -0.39 is 0 Å². The fraction of sp³-hybridized carbons (Fsp3) is 0.368. The normalized spacial score (nSPS) is 12.1. The second-order valence-electron chi connectivity index (χ2n) is 6.02. The molecule has 1 atom stereocenters. The number of rotatable bonds is 7. The maximum Gasteiger partial charge on any atom is 0.223 e. The fourth-order valence-electron chi connectivity index (χ4n) is 2.89. The number of nitrogens with zero attached hydrogens (tertiary/aromatic N) is 5. The summed E-state index contributed by atoms with van der Waals surface area (Å²) in [5, 5.41) is 7.89. The highest BCUT2D eigenvalue weighted by molar-refractivity contribution is 5.61. The highest BCUT2D eigenvalue weighted by atomic mass is 15.3. The first-order valence-corrected chi connectivity index (χ1v) is 8.75. The van der Waals surface area contributed by atoms with E-state index in [0.29, 0.717) is 5.95 Å². The zero-order valence-electron chi connectivity index (χ0n) is 15.0. The van der Waals surface area contributed by atoms with Gasteiger partial charge >= 0.3 is 0 Å². The summed E-state index contributed by atoms with van der Waals surface area (Å²) in [6, 6.07) is 6.12. The van der Waals surface area contributed by atoms with E-state index in [0.717, 1.165) is 36.3 Å². The Morgan fingerprint density at radius 2 is 1.92 bits per heavy atom. The molecule has 0 aliphatic heterocycles. The van der Waals surface area contributed by atoms with Crippen molar-refractivity contribution in [3.8, 4) is 11.3 Å². The van der Waals surface area contributed by atoms with E-state index in [4.69, 9.17) is 4.98 Å². The van der Waals surface area contributed by atoms with Crippen molar-refractivity contribution in [2.45, 2.75) is 46.2 Å². The lowest BCUT2D eigenvalue weighted by atomic mass is 10.1. The van der Waals surface area contributed by atoms with Crippen LogP contribution < -0.4 is 5.32 Å². The SMILES string of the molecule is CCCn1ncc(-c2ccnc(N[C@@H](CC)c3ccncc3)n2)c1C. The third-order valence-corrected chi connectivity index (χ3v) is 4.29. The van der Waals surface area contributed by atoms with Crippen LogP contribution in [0.3, 0.4) is 0 Å². The molecule has 0 spiro atoms. The van der Waals surface area contributed by atoms with Gasteiger partial charge in [0.25, 0.3) is 0 Å². The molecule has 0 saturated carbocycles. The fourth-order valence-corrected chi connectivity index (χ4v) is 2.89. The molecule has 0 radical (unpaired) electrons. The first-order chi connectivity index (χ1) is 12.2. The van der Waals surface area contributed by atoms with Crippen molar-refractivity contribution in [1.82, 2.24) is 24.7 Å². The van der Waals surface area contributed by atoms with Crippen LogP contribution in [0.15, 0.2) is 43.0 Å². The topological polar surface area (TPSA) is 68.5 Å². The number of pyridine rings is 1. The van der Waals surface area contributed by atoms with Crippen molar-refractivity contribution in [3.63, 3.8) is 0 Å². The molecule has 3 heterocycles. The monoisotopic (exact) mass is 336 g/mol. The first-order valence-electron chi connectivity index (χ1n) is 8.75. The van der Waals surface area contributed by atoms with Crippen LogP contribution in [0.1, 0.15) is 44.0 Å². The lowest BCUT2D eigenvalue weighted by Crippen LogP contribution is -2.12. The van der Waals surface area contributed by atoms with Crippen molar-refractivity contribution >= 4 is 5.95 Å². The van der Waals surface area contributed by atoms with E-state index in [1.807, 2.05) is 41.5 Å². The molecule has 0 unspecified atom stereocenters. The smallest absolute Gasteiger partial charge is 0.223 e. The molecule has 25 heavy (non-hydrogen) atoms. The van der Waals surface area contributed by atoms with Gasteiger partial charge in [-0.1, -0.05) is 13.8 Å². The second-order valence-corrected chi connectivity index (χ2v) is 6.02. The Morgan fingerprint density at radius 3 is 2.64 bits per heavy atom. The van der Waals surface area contributed by atoms with Gasteiger partial charge in [-0.05, 0) is 43.5 Å². The van der Waals surface area contributed by atoms with Gasteiger partial charge in [-0.25, -0.2) is 9.97 Å². The molecule has 0 aliphatic rings. The molecule has 0 aliphatic carbocycles. The van der Waals surface area contributed by atoms with E-state index in [1.54, 1.807) is 6.20 Å². The quantitative estimate of drug-likeness (QED) is 0.706. The Kier molecular flexibility index (Phi) is 5.38. The molecule has 6 heteroatoms. The second kappa shape index (κ2) is 7.88. The van der Waals surface area contributed by atoms with Gasteiger partial charge in [0.15, 0.2) is 0 Å². The van der Waals surface area contributed by atoms with Gasteiger partial charge in [0.05, 0.1) is 17.9 Å². The molecular weight excluding hydrogens is 312 g/mol. The Hall–Kier alpha value is -2.76. The number of nitrogens with one attached hydrogen (secondary N) is 1. The lowest BCUT2D eigenvalue weighted by Gasteiger charge is -2.17. The summed E-state index contributed by atoms with van der Waals surface area (Å²) >= 11 is 0. The van der Waals surface area contributed by atoms with Crippen LogP contribution in [-0.4, -0.2) is 24.7 Å². The Morgan fingerprint density at radius 1 is 1.12 bits per heavy atom. The van der Waals surface area contributed by atoms with E-state index in [9.17, 15) is 0 Å². The first kappa shape index (κ1) is 17.1. The molecule has 6 nitrogen and oxygen atoms in total. The Bertz CT molecular complexity index is 812. The van der Waals surface area contributed by atoms with Crippen molar-refractivity contribution < 1.29 is 0 Å². The maximum absolute atomic E-state index is 4.70. The molecule has 0 fully saturated rings. The highest BCUT2D eigenvalue weighted by Gasteiger charge is 2.13. The number of aryl methyl sites for hydroxylation is 1. The molecule has 0 amide bonds. The highest BCUT2D eigenvalue weighted by Crippen LogP contribution is 2.24. The van der Waals surface area contributed by atoms with Crippen molar-refractivity contribution in [2.75, 3.05) is 5.32 Å². The molecule has 1 N–H and O–H groups in total. The third-order valence-electron chi connectivity index (χ3n) is 4.29. The van der Waals surface area contributed by atoms with Crippen LogP contribution in [0.4, 0.5) is 5.95 Å². The van der Waals surface area contributed by atoms with Crippen LogP contribution in [-0.2, 0) is 6.54 Å². The van der Waals surface area contributed by atoms with Crippen LogP contribution in [0, 0.1) is 6.92 Å². The van der Waals surface area contributed by atoms with Gasteiger partial charge < -0.3 is 5.32 Å². The van der Waals surface area contributed by atoms with E-state index in [1.165, 1.54) is 5.56 Å². The molecule has 0 aromatic carbocycles. The summed E-state index contributed by atoms with van der Waals surface area (Å²) in [6.45, 7) is 7.29. The summed E-state index contributed by atoms with van der Waals surface area (Å²) in [4.78, 5) is 13.2. The lowest BCUT2D eigenvalue weighted by molar-refractivity contribution is 0.587. The number of anilines is 1. The number of hydrogen-bond acceptors (Lipinski definition) is 5. The summed E-state index contributed by atoms with van der Waals surface area (Å²) < 4.78 is 2.02. The minimum atomic E-state index is 0.155. The predicted molar refractivity (Wildman–Crippen MR) is 99.2 cm³/mol. The van der Waals surface area contributed by atoms with E-state index in [-0.39, 0.29) is 6.04 Å². The maximum atomic E-state index is 4.70. The third kappa shape index (κ3) is 3.84. The standard InChI is InChI=1S/C19H24N6/c1-4-12-25-14(3)16(13-22-25)18-8-11-21-19(24-18)23-17(5-2)15-6-9-20-10-7-15/h6-11,13,17H,4-5,12H2,1-3H3,(H,21,23,24)/t17-/m0/s1. The molecular formula is C19H24N6. The average molecular weight is 336 g/mol. The predicted octanol–water partition coefficient (Wildman–Crippen LogP) is 4.02. The van der Waals surface area contributed by atoms with Gasteiger partial charge in [0.2, 0.25) is 5.95 Å².